The molecule has 1 saturated carbocycles. The summed E-state index contributed by atoms with van der Waals surface area (Å²) in [7, 11) is -2.72. The summed E-state index contributed by atoms with van der Waals surface area (Å²) < 4.78 is 22.7. The smallest absolute Gasteiger partial charge is 0.150 e. The molecule has 2 fully saturated rings. The third-order valence-corrected chi connectivity index (χ3v) is 6.80. The average molecular weight is 277 g/mol. The summed E-state index contributed by atoms with van der Waals surface area (Å²) in [5.41, 5.74) is 0. The molecule has 0 aromatic heterocycles. The van der Waals surface area contributed by atoms with Gasteiger partial charge in [0.1, 0.15) is 9.84 Å². The van der Waals surface area contributed by atoms with Crippen molar-refractivity contribution in [3.63, 3.8) is 0 Å². The van der Waals surface area contributed by atoms with Crippen molar-refractivity contribution in [3.05, 3.63) is 0 Å². The minimum Gasteiger partial charge on any atom is -0.311 e. The Labute approximate surface area is 109 Å². The van der Waals surface area contributed by atoms with Crippen molar-refractivity contribution in [1.82, 2.24) is 5.32 Å². The minimum atomic E-state index is -2.72. The van der Waals surface area contributed by atoms with E-state index in [0.717, 1.165) is 18.1 Å². The SMILES string of the molecule is CSC1CCCC(NC2CCS(=O)(=O)CC2)C1. The highest BCUT2D eigenvalue weighted by Crippen LogP contribution is 2.27. The molecular weight excluding hydrogens is 254 g/mol. The molecule has 100 valence electrons. The van der Waals surface area contributed by atoms with Crippen LogP contribution < -0.4 is 5.32 Å². The van der Waals surface area contributed by atoms with E-state index in [4.69, 9.17) is 0 Å². The van der Waals surface area contributed by atoms with Crippen LogP contribution in [0.3, 0.4) is 0 Å². The monoisotopic (exact) mass is 277 g/mol. The molecule has 0 radical (unpaired) electrons. The van der Waals surface area contributed by atoms with Crippen LogP contribution in [0.1, 0.15) is 38.5 Å². The maximum atomic E-state index is 11.4. The molecule has 1 aliphatic carbocycles. The van der Waals surface area contributed by atoms with Crippen LogP contribution in [0, 0.1) is 0 Å². The summed E-state index contributed by atoms with van der Waals surface area (Å²) in [5.74, 6) is 0.757. The van der Waals surface area contributed by atoms with Crippen LogP contribution in [-0.4, -0.2) is 43.5 Å². The molecule has 2 atom stereocenters. The molecule has 0 amide bonds. The van der Waals surface area contributed by atoms with Crippen molar-refractivity contribution in [2.24, 2.45) is 0 Å². The topological polar surface area (TPSA) is 46.2 Å². The predicted molar refractivity (Wildman–Crippen MR) is 74.4 cm³/mol. The lowest BCUT2D eigenvalue weighted by Crippen LogP contribution is -2.45. The Kier molecular flexibility index (Phi) is 4.78. The van der Waals surface area contributed by atoms with E-state index in [1.54, 1.807) is 0 Å². The lowest BCUT2D eigenvalue weighted by atomic mass is 9.94. The van der Waals surface area contributed by atoms with Crippen LogP contribution in [0.15, 0.2) is 0 Å². The van der Waals surface area contributed by atoms with Gasteiger partial charge >= 0.3 is 0 Å². The molecule has 0 aromatic rings. The van der Waals surface area contributed by atoms with Gasteiger partial charge in [0.05, 0.1) is 11.5 Å². The molecule has 0 aromatic carbocycles. The average Bonchev–Trinajstić information content (AvgIpc) is 2.32. The lowest BCUT2D eigenvalue weighted by molar-refractivity contribution is 0.328. The van der Waals surface area contributed by atoms with Crippen molar-refractivity contribution < 1.29 is 8.42 Å². The third kappa shape index (κ3) is 4.14. The highest BCUT2D eigenvalue weighted by molar-refractivity contribution is 7.99. The standard InChI is InChI=1S/C12H23NO2S2/c1-16-12-4-2-3-11(9-12)13-10-5-7-17(14,15)8-6-10/h10-13H,2-9H2,1H3. The van der Waals surface area contributed by atoms with Crippen molar-refractivity contribution in [3.8, 4) is 0 Å². The Hall–Kier alpha value is 0.260. The third-order valence-electron chi connectivity index (χ3n) is 3.99. The van der Waals surface area contributed by atoms with Gasteiger partial charge in [-0.1, -0.05) is 6.42 Å². The minimum absolute atomic E-state index is 0.378. The van der Waals surface area contributed by atoms with Crippen LogP contribution in [0.2, 0.25) is 0 Å². The first-order valence-corrected chi connectivity index (χ1v) is 9.69. The number of nitrogens with one attached hydrogen (secondary N) is 1. The molecule has 1 heterocycles. The Morgan fingerprint density at radius 1 is 1.06 bits per heavy atom. The maximum absolute atomic E-state index is 11.4. The summed E-state index contributed by atoms with van der Waals surface area (Å²) >= 11 is 1.98. The summed E-state index contributed by atoms with van der Waals surface area (Å²) in [6, 6.07) is 1.05. The largest absolute Gasteiger partial charge is 0.311 e. The van der Waals surface area contributed by atoms with Gasteiger partial charge in [-0.3, -0.25) is 0 Å². The number of thioether (sulfide) groups is 1. The fraction of sp³-hybridized carbons (Fsp3) is 1.00. The Morgan fingerprint density at radius 2 is 1.76 bits per heavy atom. The second-order valence-electron chi connectivity index (χ2n) is 5.31. The Balaban J connectivity index is 1.77. The molecule has 17 heavy (non-hydrogen) atoms. The fourth-order valence-corrected chi connectivity index (χ4v) is 5.22. The number of hydrogen-bond acceptors (Lipinski definition) is 4. The second kappa shape index (κ2) is 5.93. The lowest BCUT2D eigenvalue weighted by Gasteiger charge is -2.33. The van der Waals surface area contributed by atoms with Gasteiger partial charge in [-0.2, -0.15) is 11.8 Å². The molecule has 1 N–H and O–H groups in total. The number of hydrogen-bond donors (Lipinski definition) is 1. The summed E-state index contributed by atoms with van der Waals surface area (Å²) in [5, 5.41) is 4.48. The fourth-order valence-electron chi connectivity index (χ4n) is 2.90. The first kappa shape index (κ1) is 13.7. The molecular formula is C12H23NO2S2. The highest BCUT2D eigenvalue weighted by atomic mass is 32.2. The van der Waals surface area contributed by atoms with Crippen LogP contribution in [0.5, 0.6) is 0 Å². The van der Waals surface area contributed by atoms with E-state index in [1.165, 1.54) is 25.7 Å². The van der Waals surface area contributed by atoms with Gasteiger partial charge in [0.15, 0.2) is 0 Å². The first-order valence-electron chi connectivity index (χ1n) is 6.58. The Morgan fingerprint density at radius 3 is 2.41 bits per heavy atom. The summed E-state index contributed by atoms with van der Waals surface area (Å²) in [6.07, 6.45) is 8.99. The zero-order chi connectivity index (χ0) is 12.3. The van der Waals surface area contributed by atoms with Gasteiger partial charge in [-0.15, -0.1) is 0 Å². The molecule has 1 aliphatic heterocycles. The van der Waals surface area contributed by atoms with E-state index in [1.807, 2.05) is 11.8 Å². The van der Waals surface area contributed by atoms with Gasteiger partial charge in [-0.05, 0) is 38.4 Å². The summed E-state index contributed by atoms with van der Waals surface area (Å²) in [4.78, 5) is 0. The predicted octanol–water partition coefficient (Wildman–Crippen LogP) is 1.83. The van der Waals surface area contributed by atoms with Crippen molar-refractivity contribution in [1.29, 1.82) is 0 Å². The summed E-state index contributed by atoms with van der Waals surface area (Å²) in [6.45, 7) is 0. The van der Waals surface area contributed by atoms with Crippen LogP contribution in [0.25, 0.3) is 0 Å². The molecule has 2 unspecified atom stereocenters. The molecule has 2 aliphatic rings. The van der Waals surface area contributed by atoms with Gasteiger partial charge in [0.25, 0.3) is 0 Å². The number of sulfone groups is 1. The van der Waals surface area contributed by atoms with Crippen molar-refractivity contribution in [2.45, 2.75) is 55.9 Å². The zero-order valence-electron chi connectivity index (χ0n) is 10.5. The highest BCUT2D eigenvalue weighted by Gasteiger charge is 2.27. The van der Waals surface area contributed by atoms with E-state index in [9.17, 15) is 8.42 Å². The quantitative estimate of drug-likeness (QED) is 0.855. The molecule has 0 spiro atoms. The molecule has 1 saturated heterocycles. The number of rotatable bonds is 3. The molecule has 3 nitrogen and oxygen atoms in total. The van der Waals surface area contributed by atoms with E-state index >= 15 is 0 Å². The van der Waals surface area contributed by atoms with Crippen LogP contribution in [0.4, 0.5) is 0 Å². The van der Waals surface area contributed by atoms with Gasteiger partial charge in [0, 0.05) is 17.3 Å². The van der Waals surface area contributed by atoms with Crippen molar-refractivity contribution in [2.75, 3.05) is 17.8 Å². The molecule has 5 heteroatoms. The van der Waals surface area contributed by atoms with E-state index in [2.05, 4.69) is 11.6 Å². The van der Waals surface area contributed by atoms with E-state index in [-0.39, 0.29) is 0 Å². The van der Waals surface area contributed by atoms with Gasteiger partial charge < -0.3 is 5.32 Å². The van der Waals surface area contributed by atoms with Crippen LogP contribution in [-0.2, 0) is 9.84 Å². The maximum Gasteiger partial charge on any atom is 0.150 e. The first-order chi connectivity index (χ1) is 8.09. The van der Waals surface area contributed by atoms with E-state index < -0.39 is 9.84 Å². The van der Waals surface area contributed by atoms with Crippen molar-refractivity contribution >= 4 is 21.6 Å². The molecule has 2 rings (SSSR count). The Bertz CT molecular complexity index is 328. The second-order valence-corrected chi connectivity index (χ2v) is 8.76. The van der Waals surface area contributed by atoms with E-state index in [0.29, 0.717) is 23.6 Å². The zero-order valence-corrected chi connectivity index (χ0v) is 12.2. The van der Waals surface area contributed by atoms with Gasteiger partial charge in [-0.25, -0.2) is 8.42 Å². The normalized spacial score (nSPS) is 34.6. The van der Waals surface area contributed by atoms with Gasteiger partial charge in [0.2, 0.25) is 0 Å². The molecule has 0 bridgehead atoms. The van der Waals surface area contributed by atoms with Crippen LogP contribution >= 0.6 is 11.8 Å².